The van der Waals surface area contributed by atoms with Crippen LogP contribution in [0.5, 0.6) is 17.5 Å². The van der Waals surface area contributed by atoms with Crippen molar-refractivity contribution in [2.24, 2.45) is 0 Å². The van der Waals surface area contributed by atoms with Crippen molar-refractivity contribution in [1.29, 1.82) is 0 Å². The number of hydrogen-bond acceptors (Lipinski definition) is 7. The summed E-state index contributed by atoms with van der Waals surface area (Å²) in [5, 5.41) is 0. The Kier molecular flexibility index (Phi) is 6.06. The lowest BCUT2D eigenvalue weighted by Crippen LogP contribution is -2.16. The first-order valence-electron chi connectivity index (χ1n) is 8.52. The average molecular weight is 380 g/mol. The predicted molar refractivity (Wildman–Crippen MR) is 102 cm³/mol. The van der Waals surface area contributed by atoms with Gasteiger partial charge in [0.15, 0.2) is 11.9 Å². The second kappa shape index (κ2) is 8.85. The van der Waals surface area contributed by atoms with Gasteiger partial charge in [0.1, 0.15) is 11.3 Å². The highest BCUT2D eigenvalue weighted by Gasteiger charge is 2.24. The third-order valence-corrected chi connectivity index (χ3v) is 3.99. The Balaban J connectivity index is 2.09. The normalized spacial score (nSPS) is 11.4. The SMILES string of the molecule is COC(=O)c1ccccc1O[C@H](c1ccccc1)c1nc(OC)cc(OC)n1. The lowest BCUT2D eigenvalue weighted by molar-refractivity contribution is 0.0593. The minimum Gasteiger partial charge on any atom is -0.481 e. The highest BCUT2D eigenvalue weighted by molar-refractivity contribution is 5.92. The van der Waals surface area contributed by atoms with Crippen molar-refractivity contribution in [2.75, 3.05) is 21.3 Å². The predicted octanol–water partition coefficient (Wildman–Crippen LogP) is 3.45. The van der Waals surface area contributed by atoms with Crippen LogP contribution in [-0.4, -0.2) is 37.3 Å². The number of carbonyl (C=O) groups excluding carboxylic acids is 1. The summed E-state index contributed by atoms with van der Waals surface area (Å²) in [7, 11) is 4.34. The maximum Gasteiger partial charge on any atom is 0.341 e. The van der Waals surface area contributed by atoms with Crippen molar-refractivity contribution < 1.29 is 23.7 Å². The fourth-order valence-electron chi connectivity index (χ4n) is 2.62. The summed E-state index contributed by atoms with van der Waals surface area (Å²) < 4.78 is 21.6. The fourth-order valence-corrected chi connectivity index (χ4v) is 2.62. The van der Waals surface area contributed by atoms with Crippen molar-refractivity contribution in [3.8, 4) is 17.5 Å². The molecule has 28 heavy (non-hydrogen) atoms. The van der Waals surface area contributed by atoms with Crippen LogP contribution in [0.2, 0.25) is 0 Å². The molecule has 0 N–H and O–H groups in total. The van der Waals surface area contributed by atoms with Gasteiger partial charge < -0.3 is 18.9 Å². The molecule has 0 aliphatic carbocycles. The van der Waals surface area contributed by atoms with Gasteiger partial charge in [-0.05, 0) is 12.1 Å². The Morgan fingerprint density at radius 1 is 0.857 bits per heavy atom. The lowest BCUT2D eigenvalue weighted by Gasteiger charge is -2.20. The van der Waals surface area contributed by atoms with E-state index in [2.05, 4.69) is 9.97 Å². The summed E-state index contributed by atoms with van der Waals surface area (Å²) in [4.78, 5) is 20.9. The van der Waals surface area contributed by atoms with Gasteiger partial charge in [-0.25, -0.2) is 4.79 Å². The molecule has 0 bridgehead atoms. The summed E-state index contributed by atoms with van der Waals surface area (Å²) in [5.41, 5.74) is 1.11. The van der Waals surface area contributed by atoms with Gasteiger partial charge >= 0.3 is 5.97 Å². The molecular weight excluding hydrogens is 360 g/mol. The van der Waals surface area contributed by atoms with Crippen LogP contribution in [0.25, 0.3) is 0 Å². The molecule has 0 aliphatic heterocycles. The van der Waals surface area contributed by atoms with E-state index in [1.165, 1.54) is 21.3 Å². The summed E-state index contributed by atoms with van der Waals surface area (Å²) in [5.74, 6) is 0.877. The number of nitrogens with zero attached hydrogens (tertiary/aromatic N) is 2. The maximum atomic E-state index is 12.1. The molecule has 0 fully saturated rings. The zero-order chi connectivity index (χ0) is 19.9. The van der Waals surface area contributed by atoms with Gasteiger partial charge in [0.25, 0.3) is 0 Å². The molecule has 1 heterocycles. The molecule has 0 spiro atoms. The van der Waals surface area contributed by atoms with E-state index in [0.29, 0.717) is 28.9 Å². The highest BCUT2D eigenvalue weighted by atomic mass is 16.5. The van der Waals surface area contributed by atoms with Crippen LogP contribution in [0, 0.1) is 0 Å². The Morgan fingerprint density at radius 3 is 2.07 bits per heavy atom. The largest absolute Gasteiger partial charge is 0.481 e. The van der Waals surface area contributed by atoms with Gasteiger partial charge in [-0.15, -0.1) is 0 Å². The smallest absolute Gasteiger partial charge is 0.341 e. The van der Waals surface area contributed by atoms with Crippen molar-refractivity contribution in [2.45, 2.75) is 6.10 Å². The Bertz CT molecular complexity index is 924. The molecule has 3 aromatic rings. The van der Waals surface area contributed by atoms with Gasteiger partial charge in [0.2, 0.25) is 11.8 Å². The number of methoxy groups -OCH3 is 3. The molecule has 0 radical (unpaired) electrons. The molecule has 144 valence electrons. The summed E-state index contributed by atoms with van der Waals surface area (Å²) in [6.45, 7) is 0. The van der Waals surface area contributed by atoms with E-state index in [9.17, 15) is 4.79 Å². The van der Waals surface area contributed by atoms with Crippen LogP contribution in [0.3, 0.4) is 0 Å². The van der Waals surface area contributed by atoms with E-state index < -0.39 is 12.1 Å². The number of para-hydroxylation sites is 1. The number of esters is 1. The monoisotopic (exact) mass is 380 g/mol. The molecule has 3 rings (SSSR count). The topological polar surface area (TPSA) is 79.8 Å². The Hall–Kier alpha value is -3.61. The number of carbonyl (C=O) groups is 1. The van der Waals surface area contributed by atoms with E-state index in [-0.39, 0.29) is 0 Å². The third-order valence-electron chi connectivity index (χ3n) is 3.99. The number of benzene rings is 2. The molecule has 0 saturated heterocycles. The summed E-state index contributed by atoms with van der Waals surface area (Å²) in [6, 6.07) is 17.9. The van der Waals surface area contributed by atoms with Crippen LogP contribution in [0.15, 0.2) is 60.7 Å². The quantitative estimate of drug-likeness (QED) is 0.581. The van der Waals surface area contributed by atoms with Crippen molar-refractivity contribution in [3.63, 3.8) is 0 Å². The number of ether oxygens (including phenoxy) is 4. The molecule has 1 aromatic heterocycles. The average Bonchev–Trinajstić information content (AvgIpc) is 2.77. The standard InChI is InChI=1S/C21H20N2O5/c1-25-17-13-18(26-2)23-20(22-17)19(14-9-5-4-6-10-14)28-16-12-8-7-11-15(16)21(24)27-3/h4-13,19H,1-3H3/t19-/m1/s1. The van der Waals surface area contributed by atoms with Gasteiger partial charge in [0.05, 0.1) is 27.4 Å². The second-order valence-electron chi connectivity index (χ2n) is 5.71. The first kappa shape index (κ1) is 19.2. The van der Waals surface area contributed by atoms with Gasteiger partial charge in [-0.3, -0.25) is 0 Å². The second-order valence-corrected chi connectivity index (χ2v) is 5.71. The molecule has 7 nitrogen and oxygen atoms in total. The minimum absolute atomic E-state index is 0.306. The van der Waals surface area contributed by atoms with E-state index in [1.807, 2.05) is 30.3 Å². The molecule has 0 unspecified atom stereocenters. The van der Waals surface area contributed by atoms with Crippen molar-refractivity contribution >= 4 is 5.97 Å². The first-order chi connectivity index (χ1) is 13.7. The maximum absolute atomic E-state index is 12.1. The van der Waals surface area contributed by atoms with E-state index >= 15 is 0 Å². The zero-order valence-corrected chi connectivity index (χ0v) is 15.8. The van der Waals surface area contributed by atoms with Gasteiger partial charge in [0, 0.05) is 5.56 Å². The lowest BCUT2D eigenvalue weighted by atomic mass is 10.1. The fraction of sp³-hybridized carbons (Fsp3) is 0.190. The number of aromatic nitrogens is 2. The Morgan fingerprint density at radius 2 is 1.46 bits per heavy atom. The van der Waals surface area contributed by atoms with Crippen molar-refractivity contribution in [3.05, 3.63) is 77.6 Å². The molecule has 0 amide bonds. The molecule has 7 heteroatoms. The van der Waals surface area contributed by atoms with Gasteiger partial charge in [-0.1, -0.05) is 42.5 Å². The summed E-state index contributed by atoms with van der Waals surface area (Å²) >= 11 is 0. The van der Waals surface area contributed by atoms with Gasteiger partial charge in [-0.2, -0.15) is 9.97 Å². The van der Waals surface area contributed by atoms with Crippen molar-refractivity contribution in [1.82, 2.24) is 9.97 Å². The van der Waals surface area contributed by atoms with Crippen LogP contribution in [-0.2, 0) is 4.74 Å². The molecule has 2 aromatic carbocycles. The van der Waals surface area contributed by atoms with E-state index in [4.69, 9.17) is 18.9 Å². The highest BCUT2D eigenvalue weighted by Crippen LogP contribution is 2.31. The van der Waals surface area contributed by atoms with Crippen LogP contribution < -0.4 is 14.2 Å². The van der Waals surface area contributed by atoms with Crippen LogP contribution >= 0.6 is 0 Å². The molecular formula is C21H20N2O5. The van der Waals surface area contributed by atoms with Crippen LogP contribution in [0.1, 0.15) is 27.8 Å². The molecule has 0 aliphatic rings. The first-order valence-corrected chi connectivity index (χ1v) is 8.52. The minimum atomic E-state index is -0.698. The van der Waals surface area contributed by atoms with E-state index in [1.54, 1.807) is 30.3 Å². The Labute approximate surface area is 162 Å². The van der Waals surface area contributed by atoms with Crippen LogP contribution in [0.4, 0.5) is 0 Å². The van der Waals surface area contributed by atoms with E-state index in [0.717, 1.165) is 5.56 Å². The number of rotatable bonds is 7. The molecule has 1 atom stereocenters. The number of hydrogen-bond donors (Lipinski definition) is 0. The third kappa shape index (κ3) is 4.20. The molecule has 0 saturated carbocycles. The summed E-state index contributed by atoms with van der Waals surface area (Å²) in [6.07, 6.45) is -0.698. The zero-order valence-electron chi connectivity index (χ0n) is 15.8.